The SMILES string of the molecule is COC(=O)CC(O)C(O)c1ccc2c(c1)CNCC2. The average Bonchev–Trinajstić information content (AvgIpc) is 2.45. The number of carbonyl (C=O) groups is 1. The van der Waals surface area contributed by atoms with Crippen LogP contribution in [-0.2, 0) is 22.5 Å². The minimum Gasteiger partial charge on any atom is -0.469 e. The van der Waals surface area contributed by atoms with Crippen molar-refractivity contribution >= 4 is 5.97 Å². The van der Waals surface area contributed by atoms with Crippen molar-refractivity contribution in [3.8, 4) is 0 Å². The molecule has 1 aromatic rings. The summed E-state index contributed by atoms with van der Waals surface area (Å²) in [5.41, 5.74) is 3.02. The summed E-state index contributed by atoms with van der Waals surface area (Å²) >= 11 is 0. The zero-order valence-electron chi connectivity index (χ0n) is 10.9. The van der Waals surface area contributed by atoms with Crippen LogP contribution in [0.3, 0.4) is 0 Å². The van der Waals surface area contributed by atoms with E-state index in [0.29, 0.717) is 5.56 Å². The Labute approximate surface area is 112 Å². The third-order valence-electron chi connectivity index (χ3n) is 3.43. The molecule has 2 unspecified atom stereocenters. The second-order valence-electron chi connectivity index (χ2n) is 4.75. The Hall–Kier alpha value is -1.43. The monoisotopic (exact) mass is 265 g/mol. The lowest BCUT2D eigenvalue weighted by Gasteiger charge is -2.21. The first-order valence-electron chi connectivity index (χ1n) is 6.37. The fourth-order valence-electron chi connectivity index (χ4n) is 2.27. The molecule has 3 N–H and O–H groups in total. The number of fused-ring (bicyclic) bond motifs is 1. The van der Waals surface area contributed by atoms with E-state index in [1.807, 2.05) is 12.1 Å². The molecule has 0 spiro atoms. The molecule has 2 atom stereocenters. The summed E-state index contributed by atoms with van der Waals surface area (Å²) in [4.78, 5) is 11.1. The highest BCUT2D eigenvalue weighted by atomic mass is 16.5. The van der Waals surface area contributed by atoms with E-state index in [4.69, 9.17) is 0 Å². The highest BCUT2D eigenvalue weighted by Gasteiger charge is 2.22. The van der Waals surface area contributed by atoms with E-state index >= 15 is 0 Å². The fraction of sp³-hybridized carbons (Fsp3) is 0.500. The number of nitrogens with one attached hydrogen (secondary N) is 1. The molecule has 1 heterocycles. The minimum atomic E-state index is -1.15. The molecule has 0 aromatic heterocycles. The van der Waals surface area contributed by atoms with Gasteiger partial charge in [-0.25, -0.2) is 0 Å². The molecule has 0 aliphatic carbocycles. The van der Waals surface area contributed by atoms with Gasteiger partial charge in [-0.05, 0) is 29.7 Å². The van der Waals surface area contributed by atoms with Crippen LogP contribution in [0.2, 0.25) is 0 Å². The average molecular weight is 265 g/mol. The fourth-order valence-corrected chi connectivity index (χ4v) is 2.27. The van der Waals surface area contributed by atoms with Crippen molar-refractivity contribution in [2.75, 3.05) is 13.7 Å². The highest BCUT2D eigenvalue weighted by molar-refractivity contribution is 5.69. The molecule has 0 saturated heterocycles. The van der Waals surface area contributed by atoms with Gasteiger partial charge in [0.1, 0.15) is 6.10 Å². The van der Waals surface area contributed by atoms with Crippen LogP contribution in [0.15, 0.2) is 18.2 Å². The maximum absolute atomic E-state index is 11.1. The molecule has 0 fully saturated rings. The van der Waals surface area contributed by atoms with Gasteiger partial charge < -0.3 is 20.3 Å². The number of carbonyl (C=O) groups excluding carboxylic acids is 1. The Morgan fingerprint density at radius 1 is 1.42 bits per heavy atom. The van der Waals surface area contributed by atoms with Crippen LogP contribution in [0.25, 0.3) is 0 Å². The van der Waals surface area contributed by atoms with Crippen molar-refractivity contribution in [2.45, 2.75) is 31.6 Å². The number of hydrogen-bond acceptors (Lipinski definition) is 5. The van der Waals surface area contributed by atoms with Crippen molar-refractivity contribution < 1.29 is 19.7 Å². The molecule has 1 aromatic carbocycles. The molecule has 104 valence electrons. The van der Waals surface area contributed by atoms with E-state index in [1.54, 1.807) is 6.07 Å². The van der Waals surface area contributed by atoms with E-state index in [-0.39, 0.29) is 6.42 Å². The highest BCUT2D eigenvalue weighted by Crippen LogP contribution is 2.23. The largest absolute Gasteiger partial charge is 0.469 e. The number of ether oxygens (including phenoxy) is 1. The van der Waals surface area contributed by atoms with E-state index in [1.165, 1.54) is 12.7 Å². The molecule has 0 bridgehead atoms. The molecular weight excluding hydrogens is 246 g/mol. The van der Waals surface area contributed by atoms with Gasteiger partial charge in [0.25, 0.3) is 0 Å². The Morgan fingerprint density at radius 3 is 2.95 bits per heavy atom. The van der Waals surface area contributed by atoms with Gasteiger partial charge in [0.2, 0.25) is 0 Å². The van der Waals surface area contributed by atoms with Gasteiger partial charge in [-0.1, -0.05) is 18.2 Å². The molecule has 5 heteroatoms. The minimum absolute atomic E-state index is 0.215. The van der Waals surface area contributed by atoms with Crippen LogP contribution in [0.4, 0.5) is 0 Å². The van der Waals surface area contributed by atoms with Crippen LogP contribution in [0.1, 0.15) is 29.2 Å². The molecule has 19 heavy (non-hydrogen) atoms. The van der Waals surface area contributed by atoms with Gasteiger partial charge in [-0.15, -0.1) is 0 Å². The van der Waals surface area contributed by atoms with E-state index < -0.39 is 18.2 Å². The first kappa shape index (κ1) is 14.0. The lowest BCUT2D eigenvalue weighted by molar-refractivity contribution is -0.144. The van der Waals surface area contributed by atoms with Gasteiger partial charge in [0.05, 0.1) is 19.6 Å². The first-order valence-corrected chi connectivity index (χ1v) is 6.37. The zero-order chi connectivity index (χ0) is 13.8. The number of methoxy groups -OCH3 is 1. The van der Waals surface area contributed by atoms with Crippen LogP contribution < -0.4 is 5.32 Å². The van der Waals surface area contributed by atoms with Crippen LogP contribution in [0, 0.1) is 0 Å². The van der Waals surface area contributed by atoms with Crippen molar-refractivity contribution in [1.82, 2.24) is 5.32 Å². The molecule has 5 nitrogen and oxygen atoms in total. The molecular formula is C14H19NO4. The molecule has 1 aliphatic rings. The quantitative estimate of drug-likeness (QED) is 0.682. The van der Waals surface area contributed by atoms with Crippen LogP contribution in [-0.4, -0.2) is 35.9 Å². The van der Waals surface area contributed by atoms with Gasteiger partial charge >= 0.3 is 5.97 Å². The molecule has 0 saturated carbocycles. The van der Waals surface area contributed by atoms with Crippen LogP contribution >= 0.6 is 0 Å². The number of aliphatic hydroxyl groups is 2. The first-order chi connectivity index (χ1) is 9.11. The summed E-state index contributed by atoms with van der Waals surface area (Å²) in [6.45, 7) is 1.73. The van der Waals surface area contributed by atoms with Crippen LogP contribution in [0.5, 0.6) is 0 Å². The standard InChI is InChI=1S/C14H19NO4/c1-19-13(17)7-12(16)14(18)10-3-2-9-4-5-15-8-11(9)6-10/h2-3,6,12,14-16,18H,4-5,7-8H2,1H3. The molecule has 1 aliphatic heterocycles. The Morgan fingerprint density at radius 2 is 2.21 bits per heavy atom. The summed E-state index contributed by atoms with van der Waals surface area (Å²) < 4.78 is 4.48. The smallest absolute Gasteiger partial charge is 0.308 e. The predicted octanol–water partition coefficient (Wildman–Crippen LogP) is 0.290. The summed E-state index contributed by atoms with van der Waals surface area (Å²) in [6, 6.07) is 5.65. The van der Waals surface area contributed by atoms with Gasteiger partial charge in [-0.3, -0.25) is 4.79 Å². The van der Waals surface area contributed by atoms with Crippen molar-refractivity contribution in [2.24, 2.45) is 0 Å². The second-order valence-corrected chi connectivity index (χ2v) is 4.75. The maximum Gasteiger partial charge on any atom is 0.308 e. The second kappa shape index (κ2) is 6.14. The topological polar surface area (TPSA) is 78.8 Å². The number of benzene rings is 1. The Bertz CT molecular complexity index is 461. The Kier molecular flexibility index (Phi) is 4.52. The zero-order valence-corrected chi connectivity index (χ0v) is 10.9. The van der Waals surface area contributed by atoms with E-state index in [9.17, 15) is 15.0 Å². The van der Waals surface area contributed by atoms with E-state index in [2.05, 4.69) is 10.1 Å². The van der Waals surface area contributed by atoms with Crippen molar-refractivity contribution in [1.29, 1.82) is 0 Å². The third kappa shape index (κ3) is 3.32. The summed E-state index contributed by atoms with van der Waals surface area (Å²) in [5, 5.41) is 23.1. The molecule has 0 radical (unpaired) electrons. The lowest BCUT2D eigenvalue weighted by Crippen LogP contribution is -2.25. The van der Waals surface area contributed by atoms with Crippen molar-refractivity contribution in [3.05, 3.63) is 34.9 Å². The summed E-state index contributed by atoms with van der Waals surface area (Å²) in [6.07, 6.45) is -1.47. The molecule has 0 amide bonds. The normalized spacial score (nSPS) is 17.4. The molecule has 2 rings (SSSR count). The number of esters is 1. The number of hydrogen-bond donors (Lipinski definition) is 3. The summed E-state index contributed by atoms with van der Waals surface area (Å²) in [7, 11) is 1.26. The Balaban J connectivity index is 2.10. The van der Waals surface area contributed by atoms with Crippen molar-refractivity contribution in [3.63, 3.8) is 0 Å². The summed E-state index contributed by atoms with van der Waals surface area (Å²) in [5.74, 6) is -0.536. The number of aliphatic hydroxyl groups excluding tert-OH is 2. The lowest BCUT2D eigenvalue weighted by atomic mass is 9.94. The maximum atomic E-state index is 11.1. The van der Waals surface area contributed by atoms with E-state index in [0.717, 1.165) is 25.1 Å². The van der Waals surface area contributed by atoms with Gasteiger partial charge in [0, 0.05) is 6.54 Å². The third-order valence-corrected chi connectivity index (χ3v) is 3.43. The van der Waals surface area contributed by atoms with Gasteiger partial charge in [-0.2, -0.15) is 0 Å². The predicted molar refractivity (Wildman–Crippen MR) is 69.5 cm³/mol. The van der Waals surface area contributed by atoms with Gasteiger partial charge in [0.15, 0.2) is 0 Å². The number of rotatable bonds is 4.